The van der Waals surface area contributed by atoms with E-state index in [9.17, 15) is 0 Å². The second-order valence-electron chi connectivity index (χ2n) is 4.61. The smallest absolute Gasteiger partial charge is 0.170 e. The van der Waals surface area contributed by atoms with Gasteiger partial charge in [0.1, 0.15) is 0 Å². The lowest BCUT2D eigenvalue weighted by molar-refractivity contribution is 0.634. The molecule has 1 aromatic carbocycles. The van der Waals surface area contributed by atoms with Crippen LogP contribution in [0.2, 0.25) is 0 Å². The minimum Gasteiger partial charge on any atom is -0.360 e. The van der Waals surface area contributed by atoms with E-state index in [2.05, 4.69) is 21.7 Å². The van der Waals surface area contributed by atoms with Crippen molar-refractivity contribution in [2.75, 3.05) is 5.32 Å². The first-order chi connectivity index (χ1) is 8.81. The summed E-state index contributed by atoms with van der Waals surface area (Å²) in [5.41, 5.74) is 3.94. The summed E-state index contributed by atoms with van der Waals surface area (Å²) in [7, 11) is 0. The van der Waals surface area contributed by atoms with Crippen LogP contribution in [0.25, 0.3) is 10.2 Å². The quantitative estimate of drug-likeness (QED) is 0.824. The van der Waals surface area contributed by atoms with E-state index in [0.29, 0.717) is 6.04 Å². The van der Waals surface area contributed by atoms with E-state index in [-0.39, 0.29) is 0 Å². The van der Waals surface area contributed by atoms with E-state index in [0.717, 1.165) is 16.3 Å². The molecule has 0 aliphatic heterocycles. The molecule has 0 spiro atoms. The molecule has 3 nitrogen and oxygen atoms in total. The maximum absolute atomic E-state index is 5.34. The highest BCUT2D eigenvalue weighted by molar-refractivity contribution is 7.80. The van der Waals surface area contributed by atoms with Crippen LogP contribution in [0.5, 0.6) is 0 Å². The Bertz CT molecular complexity index is 558. The topological polar surface area (TPSA) is 37.0 Å². The second-order valence-corrected chi connectivity index (χ2v) is 5.91. The monoisotopic (exact) mass is 277 g/mol. The third-order valence-electron chi connectivity index (χ3n) is 3.28. The average Bonchev–Trinajstić information content (AvgIpc) is 2.98. The number of hydrogen-bond acceptors (Lipinski definition) is 3. The Morgan fingerprint density at radius 2 is 2.17 bits per heavy atom. The van der Waals surface area contributed by atoms with Crippen LogP contribution in [0, 0.1) is 0 Å². The Labute approximate surface area is 116 Å². The van der Waals surface area contributed by atoms with Gasteiger partial charge in [0.25, 0.3) is 0 Å². The lowest BCUT2D eigenvalue weighted by atomic mass is 10.2. The zero-order valence-electron chi connectivity index (χ0n) is 9.98. The second kappa shape index (κ2) is 5.20. The first-order valence-electron chi connectivity index (χ1n) is 6.22. The average molecular weight is 277 g/mol. The first kappa shape index (κ1) is 11.9. The molecule has 0 amide bonds. The fourth-order valence-electron chi connectivity index (χ4n) is 2.36. The molecule has 18 heavy (non-hydrogen) atoms. The molecule has 1 aliphatic carbocycles. The third kappa shape index (κ3) is 2.62. The van der Waals surface area contributed by atoms with E-state index >= 15 is 0 Å². The number of hydrogen-bond donors (Lipinski definition) is 2. The molecule has 3 rings (SSSR count). The fraction of sp³-hybridized carbons (Fsp3) is 0.385. The van der Waals surface area contributed by atoms with Crippen molar-refractivity contribution in [2.45, 2.75) is 31.7 Å². The SMILES string of the molecule is S=C(Nc1ccc2ncsc2c1)NC1CCCC1. The predicted molar refractivity (Wildman–Crippen MR) is 81.2 cm³/mol. The van der Waals surface area contributed by atoms with Gasteiger partial charge < -0.3 is 10.6 Å². The summed E-state index contributed by atoms with van der Waals surface area (Å²) in [6.07, 6.45) is 5.09. The molecule has 1 aromatic heterocycles. The molecule has 1 fully saturated rings. The molecule has 2 aromatic rings. The molecule has 5 heteroatoms. The minimum atomic E-state index is 0.553. The van der Waals surface area contributed by atoms with Crippen molar-refractivity contribution >= 4 is 44.6 Å². The third-order valence-corrected chi connectivity index (χ3v) is 4.29. The molecule has 1 heterocycles. The molecular weight excluding hydrogens is 262 g/mol. The molecule has 1 aliphatic rings. The molecule has 94 valence electrons. The number of fused-ring (bicyclic) bond motifs is 1. The highest BCUT2D eigenvalue weighted by Crippen LogP contribution is 2.22. The number of thiazole rings is 1. The fourth-order valence-corrected chi connectivity index (χ4v) is 3.36. The van der Waals surface area contributed by atoms with Crippen LogP contribution in [0.4, 0.5) is 5.69 Å². The van der Waals surface area contributed by atoms with Gasteiger partial charge in [-0.1, -0.05) is 12.8 Å². The minimum absolute atomic E-state index is 0.553. The van der Waals surface area contributed by atoms with Crippen molar-refractivity contribution in [1.29, 1.82) is 0 Å². The highest BCUT2D eigenvalue weighted by Gasteiger charge is 2.15. The van der Waals surface area contributed by atoms with Crippen molar-refractivity contribution in [1.82, 2.24) is 10.3 Å². The normalized spacial score (nSPS) is 16.0. The van der Waals surface area contributed by atoms with Gasteiger partial charge in [-0.05, 0) is 43.3 Å². The van der Waals surface area contributed by atoms with E-state index in [1.807, 2.05) is 17.6 Å². The first-order valence-corrected chi connectivity index (χ1v) is 7.51. The largest absolute Gasteiger partial charge is 0.360 e. The van der Waals surface area contributed by atoms with Gasteiger partial charge in [-0.2, -0.15) is 0 Å². The summed E-state index contributed by atoms with van der Waals surface area (Å²) in [5.74, 6) is 0. The molecular formula is C13H15N3S2. The molecule has 1 saturated carbocycles. The molecule has 0 radical (unpaired) electrons. The summed E-state index contributed by atoms with van der Waals surface area (Å²) in [6, 6.07) is 6.68. The number of nitrogens with zero attached hydrogens (tertiary/aromatic N) is 1. The van der Waals surface area contributed by atoms with Crippen molar-refractivity contribution < 1.29 is 0 Å². The summed E-state index contributed by atoms with van der Waals surface area (Å²) in [6.45, 7) is 0. The van der Waals surface area contributed by atoms with Crippen LogP contribution in [0.3, 0.4) is 0 Å². The lowest BCUT2D eigenvalue weighted by Crippen LogP contribution is -2.35. The number of rotatable bonds is 2. The van der Waals surface area contributed by atoms with Crippen LogP contribution >= 0.6 is 23.6 Å². The van der Waals surface area contributed by atoms with Crippen molar-refractivity contribution in [3.05, 3.63) is 23.7 Å². The van der Waals surface area contributed by atoms with E-state index in [1.54, 1.807) is 11.3 Å². The molecule has 0 bridgehead atoms. The summed E-state index contributed by atoms with van der Waals surface area (Å²) in [4.78, 5) is 4.26. The van der Waals surface area contributed by atoms with Crippen LogP contribution in [-0.4, -0.2) is 16.1 Å². The number of nitrogens with one attached hydrogen (secondary N) is 2. The Morgan fingerprint density at radius 3 is 3.00 bits per heavy atom. The predicted octanol–water partition coefficient (Wildman–Crippen LogP) is 3.53. The van der Waals surface area contributed by atoms with Gasteiger partial charge in [0.05, 0.1) is 15.7 Å². The Hall–Kier alpha value is -1.20. The Kier molecular flexibility index (Phi) is 3.43. The van der Waals surface area contributed by atoms with Gasteiger partial charge in [-0.3, -0.25) is 0 Å². The van der Waals surface area contributed by atoms with Crippen molar-refractivity contribution in [3.63, 3.8) is 0 Å². The van der Waals surface area contributed by atoms with Gasteiger partial charge in [-0.25, -0.2) is 4.98 Å². The summed E-state index contributed by atoms with van der Waals surface area (Å²) >= 11 is 6.99. The van der Waals surface area contributed by atoms with E-state index in [4.69, 9.17) is 12.2 Å². The Morgan fingerprint density at radius 1 is 1.33 bits per heavy atom. The van der Waals surface area contributed by atoms with Crippen LogP contribution in [0.15, 0.2) is 23.7 Å². The summed E-state index contributed by atoms with van der Waals surface area (Å²) in [5, 5.41) is 7.35. The molecule has 0 unspecified atom stereocenters. The molecule has 0 atom stereocenters. The Balaban J connectivity index is 1.65. The highest BCUT2D eigenvalue weighted by atomic mass is 32.1. The number of benzene rings is 1. The lowest BCUT2D eigenvalue weighted by Gasteiger charge is -2.15. The van der Waals surface area contributed by atoms with Gasteiger partial charge >= 0.3 is 0 Å². The molecule has 2 N–H and O–H groups in total. The van der Waals surface area contributed by atoms with Gasteiger partial charge in [0, 0.05) is 11.7 Å². The number of anilines is 1. The van der Waals surface area contributed by atoms with Crippen LogP contribution < -0.4 is 10.6 Å². The van der Waals surface area contributed by atoms with Gasteiger partial charge in [-0.15, -0.1) is 11.3 Å². The van der Waals surface area contributed by atoms with Gasteiger partial charge in [0.15, 0.2) is 5.11 Å². The molecule has 0 saturated heterocycles. The van der Waals surface area contributed by atoms with Crippen molar-refractivity contribution in [2.24, 2.45) is 0 Å². The number of thiocarbonyl (C=S) groups is 1. The van der Waals surface area contributed by atoms with Crippen LogP contribution in [0.1, 0.15) is 25.7 Å². The zero-order chi connectivity index (χ0) is 12.4. The summed E-state index contributed by atoms with van der Waals surface area (Å²) < 4.78 is 1.18. The maximum atomic E-state index is 5.34. The zero-order valence-corrected chi connectivity index (χ0v) is 11.6. The van der Waals surface area contributed by atoms with E-state index < -0.39 is 0 Å². The van der Waals surface area contributed by atoms with Crippen LogP contribution in [-0.2, 0) is 0 Å². The maximum Gasteiger partial charge on any atom is 0.170 e. The van der Waals surface area contributed by atoms with E-state index in [1.165, 1.54) is 30.4 Å². The standard InChI is InChI=1S/C13H15N3S2/c17-13(15-9-3-1-2-4-9)16-10-5-6-11-12(7-10)18-8-14-11/h5-9H,1-4H2,(H2,15,16,17). The van der Waals surface area contributed by atoms with Gasteiger partial charge in [0.2, 0.25) is 0 Å². The number of aromatic nitrogens is 1. The van der Waals surface area contributed by atoms with Crippen molar-refractivity contribution in [3.8, 4) is 0 Å².